The number of rotatable bonds is 24. The lowest BCUT2D eigenvalue weighted by molar-refractivity contribution is -0.405. The number of ether oxygens (including phenoxy) is 11. The van der Waals surface area contributed by atoms with E-state index in [1.165, 1.54) is 0 Å². The first kappa shape index (κ1) is 69.9. The van der Waals surface area contributed by atoms with Crippen molar-refractivity contribution in [1.29, 1.82) is 0 Å². The van der Waals surface area contributed by atoms with E-state index in [2.05, 4.69) is 0 Å². The highest BCUT2D eigenvalue weighted by atomic mass is 31.2. The molecule has 0 aromatic heterocycles. The zero-order chi connectivity index (χ0) is 62.1. The third kappa shape index (κ3) is 15.1. The third-order valence-corrected chi connectivity index (χ3v) is 15.0. The van der Waals surface area contributed by atoms with E-state index in [1.54, 1.807) is 0 Å². The van der Waals surface area contributed by atoms with Crippen LogP contribution in [0.15, 0.2) is 0 Å². The Labute approximate surface area is 465 Å². The first-order chi connectivity index (χ1) is 38.7. The maximum atomic E-state index is 13.1. The van der Waals surface area contributed by atoms with Crippen LogP contribution in [0.1, 0.15) is 12.8 Å². The van der Waals surface area contributed by atoms with E-state index in [-0.39, 0.29) is 0 Å². The van der Waals surface area contributed by atoms with E-state index in [0.717, 1.165) is 0 Å². The van der Waals surface area contributed by atoms with Crippen molar-refractivity contribution in [2.75, 3.05) is 39.6 Å². The van der Waals surface area contributed by atoms with Gasteiger partial charge in [0.25, 0.3) is 11.6 Å². The third-order valence-electron chi connectivity index (χ3n) is 14.5. The first-order valence-corrected chi connectivity index (χ1v) is 26.7. The minimum atomic E-state index is -5.99. The number of phosphoric acid groups is 1. The normalized spacial score (nSPS) is 47.1. The van der Waals surface area contributed by atoms with E-state index in [1.807, 2.05) is 0 Å². The van der Waals surface area contributed by atoms with Crippen LogP contribution in [0.5, 0.6) is 0 Å². The summed E-state index contributed by atoms with van der Waals surface area (Å²) in [5.74, 6) is -11.5. The topological polar surface area (TPSA) is 668 Å². The summed E-state index contributed by atoms with van der Waals surface area (Å²) in [5.41, 5.74) is 0. The zero-order valence-corrected chi connectivity index (χ0v) is 43.6. The summed E-state index contributed by atoms with van der Waals surface area (Å²) in [7, 11) is -5.99. The van der Waals surface area contributed by atoms with Gasteiger partial charge in [0.2, 0.25) is 0 Å². The fraction of sp³-hybridized carbons (Fsp3) is 0.952. The largest absolute Gasteiger partial charge is 0.477 e. The predicted molar refractivity (Wildman–Crippen MR) is 244 cm³/mol. The molecular weight excluding hydrogens is 1180 g/mol. The van der Waals surface area contributed by atoms with E-state index in [9.17, 15) is 141 Å². The molecule has 0 amide bonds. The Morgan fingerprint density at radius 3 is 1.51 bits per heavy atom. The molecule has 0 aromatic carbocycles. The van der Waals surface area contributed by atoms with Crippen LogP contribution in [-0.4, -0.2) is 374 Å². The Morgan fingerprint density at radius 1 is 0.494 bits per heavy atom. The summed E-state index contributed by atoms with van der Waals surface area (Å²) in [6.07, 6.45) is -72.6. The van der Waals surface area contributed by atoms with E-state index >= 15 is 0 Å². The van der Waals surface area contributed by atoms with Crippen LogP contribution in [-0.2, 0) is 70.8 Å². The van der Waals surface area contributed by atoms with Crippen LogP contribution >= 0.6 is 7.82 Å². The Kier molecular flexibility index (Phi) is 24.0. The molecule has 0 bridgehead atoms. The molecule has 0 radical (unpaired) electrons. The van der Waals surface area contributed by atoms with Crippen LogP contribution in [0.25, 0.3) is 0 Å². The summed E-state index contributed by atoms with van der Waals surface area (Å²) < 4.78 is 78.5. The number of carbonyl (C=O) groups is 2. The second-order valence-electron chi connectivity index (χ2n) is 20.3. The fourth-order valence-electron chi connectivity index (χ4n) is 10.0. The number of hydrogen-bond donors (Lipinski definition) is 25. The maximum Gasteiger partial charge on any atom is 0.470 e. The first-order valence-electron chi connectivity index (χ1n) is 25.2. The molecule has 6 aliphatic heterocycles. The molecule has 6 rings (SSSR count). The summed E-state index contributed by atoms with van der Waals surface area (Å²) >= 11 is 0. The molecule has 6 fully saturated rings. The summed E-state index contributed by atoms with van der Waals surface area (Å²) in [6, 6.07) is 0. The molecule has 484 valence electrons. The molecule has 40 nitrogen and oxygen atoms in total. The van der Waals surface area contributed by atoms with Crippen LogP contribution in [0.4, 0.5) is 0 Å². The number of aliphatic hydroxyl groups excluding tert-OH is 20. The van der Waals surface area contributed by atoms with E-state index in [4.69, 9.17) is 56.6 Å². The second-order valence-corrected chi connectivity index (χ2v) is 21.4. The molecule has 6 saturated heterocycles. The quantitative estimate of drug-likeness (QED) is 0.0399. The van der Waals surface area contributed by atoms with Gasteiger partial charge in [0.15, 0.2) is 25.2 Å². The van der Waals surface area contributed by atoms with Crippen molar-refractivity contribution in [2.45, 2.75) is 208 Å². The number of carboxylic acids is 2. The number of aliphatic carboxylic acids is 2. The maximum absolute atomic E-state index is 13.1. The van der Waals surface area contributed by atoms with Gasteiger partial charge < -0.3 is 179 Å². The molecule has 0 unspecified atom stereocenters. The van der Waals surface area contributed by atoms with Gasteiger partial charge in [-0.2, -0.15) is 0 Å². The van der Waals surface area contributed by atoms with Crippen molar-refractivity contribution in [3.05, 3.63) is 0 Å². The fourth-order valence-corrected chi connectivity index (χ4v) is 10.6. The highest BCUT2D eigenvalue weighted by Gasteiger charge is 2.63. The van der Waals surface area contributed by atoms with Crippen molar-refractivity contribution in [1.82, 2.24) is 0 Å². The van der Waals surface area contributed by atoms with Gasteiger partial charge in [-0.25, -0.2) is 14.2 Å². The molecule has 0 saturated carbocycles. The van der Waals surface area contributed by atoms with E-state index in [0.29, 0.717) is 0 Å². The molecule has 0 aliphatic carbocycles. The van der Waals surface area contributed by atoms with Gasteiger partial charge in [0.05, 0.1) is 51.8 Å². The summed E-state index contributed by atoms with van der Waals surface area (Å²) in [4.78, 5) is 45.7. The molecule has 83 heavy (non-hydrogen) atoms. The molecular formula is C42H71O40P. The van der Waals surface area contributed by atoms with Crippen LogP contribution in [0.2, 0.25) is 0 Å². The smallest absolute Gasteiger partial charge is 0.470 e. The lowest BCUT2D eigenvalue weighted by Crippen LogP contribution is -2.70. The zero-order valence-electron chi connectivity index (χ0n) is 42.7. The monoisotopic (exact) mass is 1250 g/mol. The molecule has 6 heterocycles. The minimum Gasteiger partial charge on any atom is -0.477 e. The summed E-state index contributed by atoms with van der Waals surface area (Å²) in [5, 5.41) is 245. The van der Waals surface area contributed by atoms with Gasteiger partial charge in [-0.1, -0.05) is 0 Å². The Hall–Kier alpha value is -2.23. The minimum absolute atomic E-state index is 0.898. The lowest BCUT2D eigenvalue weighted by Gasteiger charge is -2.52. The van der Waals surface area contributed by atoms with Crippen LogP contribution in [0, 0.1) is 0 Å². The van der Waals surface area contributed by atoms with Gasteiger partial charge in [-0.15, -0.1) is 0 Å². The second kappa shape index (κ2) is 28.5. The van der Waals surface area contributed by atoms with Crippen molar-refractivity contribution in [3.8, 4) is 0 Å². The number of hydrogen-bond acceptors (Lipinski definition) is 36. The molecule has 32 atom stereocenters. The summed E-state index contributed by atoms with van der Waals surface area (Å²) in [6.45, 7) is -7.34. The lowest BCUT2D eigenvalue weighted by atomic mass is 9.89. The Morgan fingerprint density at radius 2 is 0.964 bits per heavy atom. The van der Waals surface area contributed by atoms with Crippen LogP contribution < -0.4 is 0 Å². The van der Waals surface area contributed by atoms with E-state index < -0.39 is 268 Å². The number of carboxylic acid groups (broad SMARTS) is 2. The Balaban J connectivity index is 1.37. The van der Waals surface area contributed by atoms with Gasteiger partial charge >= 0.3 is 19.8 Å². The highest BCUT2D eigenvalue weighted by Crippen LogP contribution is 2.46. The molecule has 41 heteroatoms. The number of phosphoric ester groups is 1. The van der Waals surface area contributed by atoms with Crippen molar-refractivity contribution >= 4 is 19.8 Å². The standard InChI is InChI=1S/C42H71O40P/c43-3-10(49)27-24(60)32(77-36-23(59)21(57)19(55)16(73-36)8-71-35-22(58)20(56)18(54)15(7-47)72-35)25(61)37(74-27)78-33-26(62)38(75-29(12(51)5-45)34(33)82-83(68,69)70)76-31-14(2-41(67,39(63)64)80-30(31)13(52)6-46)79-42(40(65)66)1-9(48)17(53)28(81-42)11(50)4-44/h9-38,43-62,67H,1-8H2,(H,63,64)(H,65,66)(H2,68,69,70)/t9-,10+,11-,12+,13-,14-,15-,16-,17-,18+,19-,20+,21+,22-,23-,24-,25+,26+,27-,28-,29-,30-,31-,32+,33-,34-,35+,36-,37-,38-,41-,42-/m1/s1. The van der Waals surface area contributed by atoms with Gasteiger partial charge in [-0.05, 0) is 0 Å². The van der Waals surface area contributed by atoms with Gasteiger partial charge in [0, 0.05) is 12.8 Å². The Bertz CT molecular complexity index is 2130. The highest BCUT2D eigenvalue weighted by molar-refractivity contribution is 7.46. The number of aliphatic hydroxyl groups is 21. The SMILES string of the molecule is O=C(O)[C@@]1(O[C@@H]2C[C@](O)(C(=O)O)O[C@H]([C@H](O)CO)[C@@H]2O[C@H]2O[C@H]([C@@H](O)CO)[C@@H](OP(=O)(O)O)[C@H](O[C@H]3O[C@H]([C@@H](O)CO)[C@@H](O)[C@H](O[C@H]4O[C@H](CO[C@H]5O[C@H](CO)[C@H](O)[C@H](O)[C@H]5O)[C@@H](O)[C@H](O)[C@H]4O)[C@@H]3O)[C@@H]2O)C[C@@H](O)[C@@H](O)[C@@H]([C@H](O)CO)O1. The molecule has 0 aromatic rings. The van der Waals surface area contributed by atoms with Gasteiger partial charge in [0.1, 0.15) is 146 Å². The van der Waals surface area contributed by atoms with Crippen molar-refractivity contribution in [3.63, 3.8) is 0 Å². The predicted octanol–water partition coefficient (Wildman–Crippen LogP) is -15.6. The molecule has 6 aliphatic rings. The van der Waals surface area contributed by atoms with Crippen molar-refractivity contribution < 1.29 is 198 Å². The average molecular weight is 1250 g/mol. The van der Waals surface area contributed by atoms with Crippen molar-refractivity contribution in [2.24, 2.45) is 0 Å². The molecule has 25 N–H and O–H groups in total. The van der Waals surface area contributed by atoms with Crippen LogP contribution in [0.3, 0.4) is 0 Å². The average Bonchev–Trinajstić information content (AvgIpc) is 2.80. The van der Waals surface area contributed by atoms with Gasteiger partial charge in [-0.3, -0.25) is 4.52 Å². The molecule has 0 spiro atoms.